The molecule has 1 aromatic carbocycles. The van der Waals surface area contributed by atoms with Crippen LogP contribution in [0.3, 0.4) is 0 Å². The highest BCUT2D eigenvalue weighted by atomic mass is 35.5. The van der Waals surface area contributed by atoms with Gasteiger partial charge >= 0.3 is 12.1 Å². The summed E-state index contributed by atoms with van der Waals surface area (Å²) in [6, 6.07) is 14.8. The van der Waals surface area contributed by atoms with Crippen molar-refractivity contribution in [2.45, 2.75) is 6.18 Å². The van der Waals surface area contributed by atoms with Crippen molar-refractivity contribution in [3.8, 4) is 11.4 Å². The first-order valence-electron chi connectivity index (χ1n) is 8.86. The molecule has 3 N–H and O–H groups in total. The fourth-order valence-electron chi connectivity index (χ4n) is 2.65. The predicted molar refractivity (Wildman–Crippen MR) is 104 cm³/mol. The number of alkyl halides is 3. The molecule has 0 radical (unpaired) electrons. The Morgan fingerprint density at radius 3 is 2.41 bits per heavy atom. The third kappa shape index (κ3) is 5.38. The van der Waals surface area contributed by atoms with Crippen LogP contribution in [0.5, 0.6) is 0 Å². The van der Waals surface area contributed by atoms with Gasteiger partial charge in [-0.1, -0.05) is 17.7 Å². The highest BCUT2D eigenvalue weighted by Gasteiger charge is 2.29. The van der Waals surface area contributed by atoms with Crippen LogP contribution in [0.25, 0.3) is 16.9 Å². The van der Waals surface area contributed by atoms with Gasteiger partial charge < -0.3 is 9.90 Å². The van der Waals surface area contributed by atoms with Crippen LogP contribution < -0.4 is 19.8 Å². The number of H-pyrrole nitrogens is 2. The van der Waals surface area contributed by atoms with Crippen LogP contribution in [0.1, 0.15) is 10.5 Å². The predicted octanol–water partition coefficient (Wildman–Crippen LogP) is 1.83. The quantitative estimate of drug-likeness (QED) is 0.450. The zero-order valence-electron chi connectivity index (χ0n) is 16.0. The summed E-state index contributed by atoms with van der Waals surface area (Å²) in [7, 11) is 0. The second kappa shape index (κ2) is 9.43. The molecule has 3 aromatic heterocycles. The number of aromatic amines is 2. The van der Waals surface area contributed by atoms with Crippen molar-refractivity contribution in [1.82, 2.24) is 9.97 Å². The number of pyridine rings is 1. The van der Waals surface area contributed by atoms with Crippen LogP contribution in [-0.2, 0) is 4.79 Å². The molecule has 0 unspecified atom stereocenters. The van der Waals surface area contributed by atoms with E-state index in [-0.39, 0.29) is 5.91 Å². The van der Waals surface area contributed by atoms with Gasteiger partial charge in [0.25, 0.3) is 18.0 Å². The zero-order valence-corrected chi connectivity index (χ0v) is 16.7. The standard InChI is InChI=1S/C18H12ClN5O.C2HF3O2/c19-13-6-4-12(5-7-13)17-23-16(14-3-1-2-10-24(14)17)18(25)22-15-8-9-20-11-21-15;3-2(4,5)1(6)7/h1-11H,(H,20,21,22,25);(H,6,7)/p+1. The van der Waals surface area contributed by atoms with E-state index in [0.717, 1.165) is 16.9 Å². The molecule has 3 heterocycles. The highest BCUT2D eigenvalue weighted by Crippen LogP contribution is 2.20. The number of amides is 1. The lowest BCUT2D eigenvalue weighted by Crippen LogP contribution is -2.37. The van der Waals surface area contributed by atoms with E-state index in [9.17, 15) is 18.0 Å². The number of hydrogen-bond acceptors (Lipinski definition) is 4. The molecule has 0 saturated heterocycles. The van der Waals surface area contributed by atoms with Crippen molar-refractivity contribution in [3.63, 3.8) is 0 Å². The summed E-state index contributed by atoms with van der Waals surface area (Å²) in [5, 5.41) is 12.2. The molecule has 0 aliphatic rings. The van der Waals surface area contributed by atoms with E-state index < -0.39 is 12.1 Å². The largest absolute Gasteiger partial charge is 0.542 e. The van der Waals surface area contributed by atoms with Crippen LogP contribution in [-0.4, -0.2) is 28.0 Å². The van der Waals surface area contributed by atoms with E-state index in [1.54, 1.807) is 12.3 Å². The van der Waals surface area contributed by atoms with Crippen molar-refractivity contribution >= 4 is 34.8 Å². The molecule has 12 heteroatoms. The Morgan fingerprint density at radius 1 is 1.12 bits per heavy atom. The molecular weight excluding hydrogens is 451 g/mol. The van der Waals surface area contributed by atoms with E-state index in [4.69, 9.17) is 21.5 Å². The van der Waals surface area contributed by atoms with Crippen LogP contribution >= 0.6 is 11.6 Å². The lowest BCUT2D eigenvalue weighted by Gasteiger charge is -2.03. The molecular formula is C20H14ClF3N5O3+. The van der Waals surface area contributed by atoms with Crippen molar-refractivity contribution < 1.29 is 37.3 Å². The van der Waals surface area contributed by atoms with Gasteiger partial charge in [-0.2, -0.15) is 17.6 Å². The number of imidazole rings is 1. The molecule has 4 aromatic rings. The summed E-state index contributed by atoms with van der Waals surface area (Å²) in [6.07, 6.45) is -0.0814. The number of aromatic nitrogens is 4. The number of aliphatic carboxylic acids is 1. The van der Waals surface area contributed by atoms with E-state index in [1.165, 1.54) is 6.33 Å². The number of benzene rings is 1. The second-order valence-electron chi connectivity index (χ2n) is 6.19. The Balaban J connectivity index is 0.000000360. The lowest BCUT2D eigenvalue weighted by atomic mass is 10.2. The van der Waals surface area contributed by atoms with Gasteiger partial charge in [-0.25, -0.2) is 4.98 Å². The first-order chi connectivity index (χ1) is 15.2. The van der Waals surface area contributed by atoms with Crippen molar-refractivity contribution in [2.24, 2.45) is 0 Å². The fraction of sp³-hybridized carbons (Fsp3) is 0.0500. The molecule has 0 aliphatic carbocycles. The summed E-state index contributed by atoms with van der Waals surface area (Å²) >= 11 is 5.97. The topological polar surface area (TPSA) is 116 Å². The minimum absolute atomic E-state index is 0.261. The summed E-state index contributed by atoms with van der Waals surface area (Å²) in [5.74, 6) is -2.00. The maximum absolute atomic E-state index is 12.7. The number of hydrogen-bond donors (Lipinski definition) is 2. The first-order valence-corrected chi connectivity index (χ1v) is 9.24. The number of carboxylic acids is 1. The number of halogens is 4. The van der Waals surface area contributed by atoms with Crippen LogP contribution in [0, 0.1) is 0 Å². The zero-order chi connectivity index (χ0) is 23.3. The molecule has 0 bridgehead atoms. The van der Waals surface area contributed by atoms with Crippen molar-refractivity contribution in [3.05, 3.63) is 78.0 Å². The average molecular weight is 465 g/mol. The van der Waals surface area contributed by atoms with Gasteiger partial charge in [0.15, 0.2) is 5.52 Å². The minimum atomic E-state index is -5.19. The van der Waals surface area contributed by atoms with Crippen molar-refractivity contribution in [1.29, 1.82) is 0 Å². The van der Waals surface area contributed by atoms with E-state index >= 15 is 0 Å². The Morgan fingerprint density at radius 2 is 1.81 bits per heavy atom. The molecule has 0 fully saturated rings. The van der Waals surface area contributed by atoms with Crippen molar-refractivity contribution in [2.75, 3.05) is 5.32 Å². The van der Waals surface area contributed by atoms with Gasteiger partial charge in [-0.15, -0.1) is 0 Å². The highest BCUT2D eigenvalue weighted by molar-refractivity contribution is 6.30. The third-order valence-electron chi connectivity index (χ3n) is 4.03. The fourth-order valence-corrected chi connectivity index (χ4v) is 2.78. The van der Waals surface area contributed by atoms with Crippen LogP contribution in [0.15, 0.2) is 67.3 Å². The molecule has 4 rings (SSSR count). The van der Waals surface area contributed by atoms with Gasteiger partial charge in [-0.3, -0.25) is 15.1 Å². The Labute approximate surface area is 183 Å². The van der Waals surface area contributed by atoms with Crippen LogP contribution in [0.4, 0.5) is 19.0 Å². The van der Waals surface area contributed by atoms with E-state index in [2.05, 4.69) is 20.3 Å². The molecule has 0 atom stereocenters. The maximum Gasteiger partial charge on any atom is 0.430 e. The van der Waals surface area contributed by atoms with E-state index in [0.29, 0.717) is 16.5 Å². The molecule has 164 valence electrons. The number of rotatable bonds is 3. The van der Waals surface area contributed by atoms with Gasteiger partial charge in [0.2, 0.25) is 5.69 Å². The Hall–Kier alpha value is -3.99. The Bertz CT molecular complexity index is 1250. The summed E-state index contributed by atoms with van der Waals surface area (Å²) in [6.45, 7) is 0. The van der Waals surface area contributed by atoms with Gasteiger partial charge in [0, 0.05) is 11.1 Å². The monoisotopic (exact) mass is 464 g/mol. The lowest BCUT2D eigenvalue weighted by molar-refractivity contribution is -0.498. The molecule has 0 spiro atoms. The van der Waals surface area contributed by atoms with Gasteiger partial charge in [-0.05, 0) is 41.4 Å². The maximum atomic E-state index is 12.7. The third-order valence-corrected chi connectivity index (χ3v) is 4.29. The first kappa shape index (κ1) is 22.7. The number of anilines is 1. The Kier molecular flexibility index (Phi) is 6.69. The molecule has 0 saturated carbocycles. The number of carboxylic acid groups (broad SMARTS) is 1. The normalized spacial score (nSPS) is 10.9. The summed E-state index contributed by atoms with van der Waals surface area (Å²) in [5.41, 5.74) is 2.16. The number of nitrogens with zero attached hydrogens (tertiary/aromatic N) is 2. The molecule has 8 nitrogen and oxygen atoms in total. The molecule has 0 aliphatic heterocycles. The summed E-state index contributed by atoms with van der Waals surface area (Å²) in [4.78, 5) is 31.6. The SMILES string of the molecule is O=C(Nc1cc[nH+]cn1)c1[nH]c(-c2ccc(Cl)cc2)[n+]2ccccc12.O=C([O-])C(F)(F)F. The molecule has 32 heavy (non-hydrogen) atoms. The summed E-state index contributed by atoms with van der Waals surface area (Å²) < 4.78 is 33.5. The number of carbonyl (C=O) groups is 2. The molecule has 1 amide bonds. The second-order valence-corrected chi connectivity index (χ2v) is 6.63. The number of carbonyl (C=O) groups excluding carboxylic acids is 2. The number of fused-ring (bicyclic) bond motifs is 1. The van der Waals surface area contributed by atoms with Gasteiger partial charge in [0.1, 0.15) is 5.97 Å². The average Bonchev–Trinajstić information content (AvgIpc) is 3.15. The van der Waals surface area contributed by atoms with E-state index in [1.807, 2.05) is 53.1 Å². The van der Waals surface area contributed by atoms with Crippen LogP contribution in [0.2, 0.25) is 5.02 Å². The number of nitrogens with one attached hydrogen (secondary N) is 3. The van der Waals surface area contributed by atoms with Gasteiger partial charge in [0.05, 0.1) is 18.0 Å². The smallest absolute Gasteiger partial charge is 0.430 e. The minimum Gasteiger partial charge on any atom is -0.542 e.